The Bertz CT molecular complexity index is 1310. The van der Waals surface area contributed by atoms with Crippen LogP contribution in [0.15, 0.2) is 17.6 Å². The van der Waals surface area contributed by atoms with Gasteiger partial charge in [0, 0.05) is 12.2 Å². The number of aryl methyl sites for hydroxylation is 2. The van der Waals surface area contributed by atoms with E-state index in [9.17, 15) is 114 Å². The van der Waals surface area contributed by atoms with E-state index in [0.717, 1.165) is 7.05 Å². The maximum Gasteiger partial charge on any atom is 0.460 e. The fraction of sp³-hybridized carbons (Fsp3) is 0.850. The number of imidazole rings is 1. The van der Waals surface area contributed by atoms with E-state index in [-0.39, 0.29) is 28.5 Å². The van der Waals surface area contributed by atoms with Crippen LogP contribution in [0.1, 0.15) is 12.8 Å². The smallest absolute Gasteiger partial charge is 0.460 e. The molecule has 50 heavy (non-hydrogen) atoms. The number of thioether (sulfide) groups is 1. The Morgan fingerprint density at radius 2 is 0.780 bits per heavy atom. The lowest BCUT2D eigenvalue weighted by atomic mass is 9.92. The molecule has 0 aliphatic heterocycles. The van der Waals surface area contributed by atoms with Crippen LogP contribution in [0.4, 0.5) is 114 Å². The number of nitrogens with zero attached hydrogens (tertiary/aromatic N) is 2. The molecule has 0 saturated heterocycles. The van der Waals surface area contributed by atoms with Crippen molar-refractivity contribution in [3.05, 3.63) is 12.4 Å². The Morgan fingerprint density at radius 3 is 1.10 bits per heavy atom. The number of halogens is 27. The first-order valence-electron chi connectivity index (χ1n) is 11.7. The predicted octanol–water partition coefficient (Wildman–Crippen LogP) is 6.67. The van der Waals surface area contributed by atoms with Crippen molar-refractivity contribution < 1.29 is 143 Å². The van der Waals surface area contributed by atoms with Crippen molar-refractivity contribution in [1.82, 2.24) is 4.57 Å². The van der Waals surface area contributed by atoms with Crippen LogP contribution in [0.5, 0.6) is 0 Å². The van der Waals surface area contributed by atoms with Gasteiger partial charge >= 0.3 is 76.7 Å². The lowest BCUT2D eigenvalue weighted by molar-refractivity contribution is -0.709. The Hall–Kier alpha value is -1.53. The van der Waals surface area contributed by atoms with E-state index >= 15 is 0 Å². The summed E-state index contributed by atoms with van der Waals surface area (Å²) in [5.41, 5.74) is 0. The zero-order valence-corrected chi connectivity index (χ0v) is 26.0. The highest BCUT2D eigenvalue weighted by Gasteiger charge is 2.92. The summed E-state index contributed by atoms with van der Waals surface area (Å²) in [6.45, 7) is -1.92. The van der Waals surface area contributed by atoms with E-state index in [2.05, 4.69) is 0 Å². The van der Waals surface area contributed by atoms with E-state index in [1.807, 2.05) is 0 Å². The average Bonchev–Trinajstić information content (AvgIpc) is 3.24. The minimum Gasteiger partial charge on any atom is -1.00 e. The van der Waals surface area contributed by atoms with E-state index in [1.165, 1.54) is 0 Å². The van der Waals surface area contributed by atoms with E-state index in [1.54, 1.807) is 0 Å². The molecule has 0 saturated carbocycles. The third kappa shape index (κ3) is 7.33. The van der Waals surface area contributed by atoms with E-state index in [4.69, 9.17) is 0 Å². The highest BCUT2D eigenvalue weighted by atomic mass is 127. The zero-order valence-electron chi connectivity index (χ0n) is 23.0. The maximum atomic E-state index is 14.1. The van der Waals surface area contributed by atoms with Gasteiger partial charge in [0.1, 0.15) is 12.4 Å². The van der Waals surface area contributed by atoms with Gasteiger partial charge in [0.05, 0.1) is 20.0 Å². The van der Waals surface area contributed by atoms with Crippen LogP contribution in [0, 0.1) is 0 Å². The summed E-state index contributed by atoms with van der Waals surface area (Å²) in [5.74, 6) is -79.4. The first-order valence-corrected chi connectivity index (χ1v) is 12.7. The minimum atomic E-state index is -8.23. The van der Waals surface area contributed by atoms with Crippen LogP contribution in [-0.4, -0.2) is 81.9 Å². The van der Waals surface area contributed by atoms with Gasteiger partial charge in [0.2, 0.25) is 0 Å². The molecule has 30 heteroatoms. The van der Waals surface area contributed by atoms with Crippen molar-refractivity contribution in [3.8, 4) is 0 Å². The van der Waals surface area contributed by atoms with Gasteiger partial charge in [-0.1, -0.05) is 0 Å². The first-order chi connectivity index (χ1) is 21.1. The van der Waals surface area contributed by atoms with Crippen LogP contribution in [0.3, 0.4) is 0 Å². The van der Waals surface area contributed by atoms with Crippen molar-refractivity contribution >= 4 is 11.8 Å². The molecular formula is C20H13F26IN2S. The zero-order chi connectivity index (χ0) is 39.7. The molecule has 0 fully saturated rings. The van der Waals surface area contributed by atoms with Crippen molar-refractivity contribution in [2.75, 3.05) is 5.75 Å². The third-order valence-corrected chi connectivity index (χ3v) is 7.52. The lowest BCUT2D eigenvalue weighted by Gasteiger charge is -2.39. The van der Waals surface area contributed by atoms with Crippen LogP contribution in [0.25, 0.3) is 0 Å². The molecule has 0 aliphatic rings. The number of hydrogen-bond acceptors (Lipinski definition) is 1. The summed E-state index contributed by atoms with van der Waals surface area (Å²) in [7, 11) is 0.736. The standard InChI is InChI=1S/C20H13F26N2S.HI/c1-47-5-6-48(4-2-9(21,22)11(25,26)13(29,30)15(33,34)17(37,38)19(41,42)43)8(47)49-7-3-10(23,24)12(27,28)14(31,32)16(35,36)18(39,40)20(44,45)46;/h5-6H,2-4,7H2,1H3;1H/q+1;/p-1. The Balaban J connectivity index is 0.0000240. The van der Waals surface area contributed by atoms with Gasteiger partial charge in [-0.05, 0) is 11.8 Å². The molecule has 0 amide bonds. The number of aromatic nitrogens is 2. The highest BCUT2D eigenvalue weighted by molar-refractivity contribution is 7.99. The molecule has 298 valence electrons. The monoisotopic (exact) mass is 934 g/mol. The Morgan fingerprint density at radius 1 is 0.480 bits per heavy atom. The molecule has 1 heterocycles. The van der Waals surface area contributed by atoms with Crippen LogP contribution >= 0.6 is 11.8 Å². The molecule has 0 aromatic carbocycles. The molecule has 1 rings (SSSR count). The molecule has 0 unspecified atom stereocenters. The van der Waals surface area contributed by atoms with Gasteiger partial charge in [0.25, 0.3) is 0 Å². The van der Waals surface area contributed by atoms with E-state index in [0.29, 0.717) is 17.0 Å². The summed E-state index contributed by atoms with van der Waals surface area (Å²) in [5, 5.41) is -0.986. The molecule has 0 radical (unpaired) electrons. The van der Waals surface area contributed by atoms with E-state index < -0.39 is 114 Å². The maximum absolute atomic E-state index is 14.1. The normalized spacial score (nSPS) is 15.7. The first kappa shape index (κ1) is 48.5. The molecular weight excluding hydrogens is 921 g/mol. The summed E-state index contributed by atoms with van der Waals surface area (Å²) in [6.07, 6.45) is -20.2. The SMILES string of the molecule is C[n+]1ccn(CCC(F)(F)C(F)(F)C(F)(F)C(F)(F)C(F)(F)C(F)(F)F)c1SCCC(F)(F)C(F)(F)C(F)(F)C(F)(F)C(F)(F)C(F)(F)F.[I-]. The fourth-order valence-corrected chi connectivity index (χ4v) is 4.44. The van der Waals surface area contributed by atoms with Crippen LogP contribution in [-0.2, 0) is 13.6 Å². The fourth-order valence-electron chi connectivity index (χ4n) is 3.31. The molecule has 0 bridgehead atoms. The Kier molecular flexibility index (Phi) is 13.3. The van der Waals surface area contributed by atoms with Gasteiger partial charge < -0.3 is 24.0 Å². The second-order valence-corrected chi connectivity index (χ2v) is 10.8. The number of hydrogen-bond donors (Lipinski definition) is 0. The largest absolute Gasteiger partial charge is 1.00 e. The summed E-state index contributed by atoms with van der Waals surface area (Å²) in [4.78, 5) is 0. The average molecular weight is 934 g/mol. The molecule has 0 spiro atoms. The molecule has 0 aliphatic carbocycles. The topological polar surface area (TPSA) is 8.81 Å². The summed E-state index contributed by atoms with van der Waals surface area (Å²) in [6, 6.07) is 0. The Labute approximate surface area is 280 Å². The van der Waals surface area contributed by atoms with Crippen molar-refractivity contribution in [2.45, 2.75) is 96.1 Å². The molecule has 1 aromatic rings. The summed E-state index contributed by atoms with van der Waals surface area (Å²) >= 11 is -0.447. The quantitative estimate of drug-likeness (QED) is 0.0828. The van der Waals surface area contributed by atoms with Crippen LogP contribution < -0.4 is 28.5 Å². The molecule has 0 N–H and O–H groups in total. The summed E-state index contributed by atoms with van der Waals surface area (Å²) < 4.78 is 345. The van der Waals surface area contributed by atoms with Crippen molar-refractivity contribution in [2.24, 2.45) is 7.05 Å². The van der Waals surface area contributed by atoms with Crippen molar-refractivity contribution in [1.29, 1.82) is 0 Å². The van der Waals surface area contributed by atoms with Crippen LogP contribution in [0.2, 0.25) is 0 Å². The van der Waals surface area contributed by atoms with Gasteiger partial charge in [0.15, 0.2) is 0 Å². The van der Waals surface area contributed by atoms with Gasteiger partial charge in [-0.25, -0.2) is 9.13 Å². The second-order valence-electron chi connectivity index (χ2n) is 9.73. The van der Waals surface area contributed by atoms with Crippen molar-refractivity contribution in [3.63, 3.8) is 0 Å². The second kappa shape index (κ2) is 13.7. The van der Waals surface area contributed by atoms with Gasteiger partial charge in [-0.15, -0.1) is 0 Å². The number of alkyl halides is 26. The van der Waals surface area contributed by atoms with Gasteiger partial charge in [-0.3, -0.25) is 0 Å². The molecule has 0 atom stereocenters. The lowest BCUT2D eigenvalue weighted by Crippen LogP contribution is -3.00. The molecule has 1 aromatic heterocycles. The predicted molar refractivity (Wildman–Crippen MR) is 107 cm³/mol. The number of rotatable bonds is 15. The third-order valence-electron chi connectivity index (χ3n) is 6.33. The molecule has 2 nitrogen and oxygen atoms in total. The highest BCUT2D eigenvalue weighted by Crippen LogP contribution is 2.62. The minimum absolute atomic E-state index is 0. The van der Waals surface area contributed by atoms with Gasteiger partial charge in [-0.2, -0.15) is 114 Å².